The molecule has 76 valence electrons. The monoisotopic (exact) mass is 198 g/mol. The molecule has 1 unspecified atom stereocenters. The van der Waals surface area contributed by atoms with Gasteiger partial charge in [0.1, 0.15) is 5.75 Å². The van der Waals surface area contributed by atoms with E-state index in [9.17, 15) is 8.78 Å². The number of alkyl halides is 2. The molecule has 0 N–H and O–H groups in total. The van der Waals surface area contributed by atoms with Crippen molar-refractivity contribution in [1.82, 2.24) is 0 Å². The Hall–Kier alpha value is -1.12. The first-order valence-electron chi connectivity index (χ1n) is 4.62. The normalized spacial score (nSPS) is 23.9. The Morgan fingerprint density at radius 1 is 1.43 bits per heavy atom. The second-order valence-electron chi connectivity index (χ2n) is 3.76. The molecule has 0 saturated heterocycles. The molecule has 2 rings (SSSR count). The minimum absolute atomic E-state index is 0.509. The van der Waals surface area contributed by atoms with Crippen LogP contribution in [0.25, 0.3) is 0 Å². The minimum atomic E-state index is -2.75. The summed E-state index contributed by atoms with van der Waals surface area (Å²) in [7, 11) is 0. The first-order valence-corrected chi connectivity index (χ1v) is 4.62. The Morgan fingerprint density at radius 3 is 2.86 bits per heavy atom. The summed E-state index contributed by atoms with van der Waals surface area (Å²) in [5.41, 5.74) is 1.51. The zero-order chi connectivity index (χ0) is 10.3. The van der Waals surface area contributed by atoms with Crippen LogP contribution in [0.4, 0.5) is 8.78 Å². The van der Waals surface area contributed by atoms with Crippen LogP contribution in [0.1, 0.15) is 24.0 Å². The number of aryl methyl sites for hydroxylation is 1. The second-order valence-corrected chi connectivity index (χ2v) is 3.76. The minimum Gasteiger partial charge on any atom is -0.487 e. The Labute approximate surface area is 81.7 Å². The van der Waals surface area contributed by atoms with Crippen molar-refractivity contribution in [3.05, 3.63) is 29.3 Å². The molecule has 1 nitrogen and oxygen atoms in total. The van der Waals surface area contributed by atoms with Crippen LogP contribution in [0, 0.1) is 6.92 Å². The molecule has 3 heteroatoms. The van der Waals surface area contributed by atoms with Gasteiger partial charge in [-0.05, 0) is 18.6 Å². The fraction of sp³-hybridized carbons (Fsp3) is 0.455. The highest BCUT2D eigenvalue weighted by Gasteiger charge is 2.43. The fourth-order valence-electron chi connectivity index (χ4n) is 1.84. The summed E-state index contributed by atoms with van der Waals surface area (Å²) >= 11 is 0. The average molecular weight is 198 g/mol. The molecule has 1 atom stereocenters. The Balaban J connectivity index is 2.54. The molecule has 1 aliphatic heterocycles. The molecule has 0 bridgehead atoms. The third-order valence-corrected chi connectivity index (χ3v) is 2.77. The van der Waals surface area contributed by atoms with Gasteiger partial charge in [0.2, 0.25) is 0 Å². The van der Waals surface area contributed by atoms with Crippen molar-refractivity contribution < 1.29 is 13.5 Å². The van der Waals surface area contributed by atoms with Crippen LogP contribution in [0.3, 0.4) is 0 Å². The molecule has 1 aromatic carbocycles. The zero-order valence-corrected chi connectivity index (χ0v) is 8.18. The van der Waals surface area contributed by atoms with Gasteiger partial charge >= 0.3 is 0 Å². The molecular weight excluding hydrogens is 186 g/mol. The van der Waals surface area contributed by atoms with Crippen molar-refractivity contribution in [2.75, 3.05) is 6.61 Å². The van der Waals surface area contributed by atoms with Crippen LogP contribution < -0.4 is 4.74 Å². The van der Waals surface area contributed by atoms with Crippen LogP contribution in [0.2, 0.25) is 0 Å². The summed E-state index contributed by atoms with van der Waals surface area (Å²) in [5, 5.41) is 0. The van der Waals surface area contributed by atoms with Gasteiger partial charge in [-0.25, -0.2) is 8.78 Å². The number of hydrogen-bond acceptors (Lipinski definition) is 1. The maximum Gasteiger partial charge on any atom is 0.287 e. The number of fused-ring (bicyclic) bond motifs is 1. The number of ether oxygens (including phenoxy) is 1. The highest BCUT2D eigenvalue weighted by molar-refractivity contribution is 5.44. The topological polar surface area (TPSA) is 9.23 Å². The molecule has 1 aliphatic rings. The summed E-state index contributed by atoms with van der Waals surface area (Å²) in [5.74, 6) is -2.91. The van der Waals surface area contributed by atoms with Gasteiger partial charge in [0.25, 0.3) is 5.92 Å². The molecule has 14 heavy (non-hydrogen) atoms. The number of rotatable bonds is 0. The fourth-order valence-corrected chi connectivity index (χ4v) is 1.84. The molecular formula is C11H12F2O. The maximum absolute atomic E-state index is 13.3. The summed E-state index contributed by atoms with van der Waals surface area (Å²) in [6, 6.07) is 5.40. The highest BCUT2D eigenvalue weighted by Crippen LogP contribution is 2.43. The molecule has 1 heterocycles. The van der Waals surface area contributed by atoms with Crippen molar-refractivity contribution in [3.8, 4) is 5.75 Å². The Bertz CT molecular complexity index is 360. The van der Waals surface area contributed by atoms with Crippen LogP contribution in [0.15, 0.2) is 18.2 Å². The Kier molecular flexibility index (Phi) is 1.98. The van der Waals surface area contributed by atoms with E-state index in [1.54, 1.807) is 13.0 Å². The molecule has 0 saturated carbocycles. The maximum atomic E-state index is 13.3. The zero-order valence-electron chi connectivity index (χ0n) is 8.18. The number of halogens is 2. The molecule has 0 fully saturated rings. The van der Waals surface area contributed by atoms with Gasteiger partial charge < -0.3 is 4.74 Å². The van der Waals surface area contributed by atoms with Gasteiger partial charge in [0.05, 0.1) is 5.92 Å². The lowest BCUT2D eigenvalue weighted by Gasteiger charge is -2.32. The Morgan fingerprint density at radius 2 is 2.14 bits per heavy atom. The number of benzene rings is 1. The molecule has 0 spiro atoms. The lowest BCUT2D eigenvalue weighted by atomic mass is 9.89. The number of hydrogen-bond donors (Lipinski definition) is 0. The van der Waals surface area contributed by atoms with Crippen LogP contribution in [-0.2, 0) is 0 Å². The third-order valence-electron chi connectivity index (χ3n) is 2.77. The van der Waals surface area contributed by atoms with Gasteiger partial charge in [-0.3, -0.25) is 0 Å². The van der Waals surface area contributed by atoms with E-state index in [4.69, 9.17) is 4.74 Å². The van der Waals surface area contributed by atoms with Gasteiger partial charge in [0.15, 0.2) is 6.61 Å². The summed E-state index contributed by atoms with van der Waals surface area (Å²) in [6.45, 7) is 2.87. The summed E-state index contributed by atoms with van der Waals surface area (Å²) in [6.07, 6.45) is 0. The van der Waals surface area contributed by atoms with Gasteiger partial charge in [-0.1, -0.05) is 19.1 Å². The van der Waals surface area contributed by atoms with E-state index < -0.39 is 18.4 Å². The average Bonchev–Trinajstić information content (AvgIpc) is 2.12. The van der Waals surface area contributed by atoms with Crippen LogP contribution in [-0.4, -0.2) is 12.5 Å². The highest BCUT2D eigenvalue weighted by atomic mass is 19.3. The predicted molar refractivity (Wildman–Crippen MR) is 50.0 cm³/mol. The standard InChI is InChI=1S/C11H12F2O/c1-7-4-3-5-9-10(7)8(2)11(12,13)6-14-9/h3-5,8H,6H2,1-2H3. The van der Waals surface area contributed by atoms with Crippen molar-refractivity contribution >= 4 is 0 Å². The van der Waals surface area contributed by atoms with E-state index in [2.05, 4.69) is 0 Å². The van der Waals surface area contributed by atoms with Crippen molar-refractivity contribution in [3.63, 3.8) is 0 Å². The first kappa shape index (κ1) is 9.44. The molecule has 0 aromatic heterocycles. The van der Waals surface area contributed by atoms with Gasteiger partial charge in [0, 0.05) is 5.56 Å². The van der Waals surface area contributed by atoms with E-state index in [0.29, 0.717) is 11.3 Å². The van der Waals surface area contributed by atoms with Crippen molar-refractivity contribution in [1.29, 1.82) is 0 Å². The lowest BCUT2D eigenvalue weighted by Crippen LogP contribution is -2.36. The smallest absolute Gasteiger partial charge is 0.287 e. The first-order chi connectivity index (χ1) is 6.52. The molecule has 0 amide bonds. The largest absolute Gasteiger partial charge is 0.487 e. The van der Waals surface area contributed by atoms with Crippen molar-refractivity contribution in [2.24, 2.45) is 0 Å². The second kappa shape index (κ2) is 2.94. The van der Waals surface area contributed by atoms with Gasteiger partial charge in [-0.2, -0.15) is 0 Å². The molecule has 0 radical (unpaired) electrons. The van der Waals surface area contributed by atoms with E-state index in [-0.39, 0.29) is 0 Å². The predicted octanol–water partition coefficient (Wildman–Crippen LogP) is 3.13. The molecule has 0 aliphatic carbocycles. The summed E-state index contributed by atoms with van der Waals surface area (Å²) < 4.78 is 31.7. The van der Waals surface area contributed by atoms with Crippen LogP contribution in [0.5, 0.6) is 5.75 Å². The van der Waals surface area contributed by atoms with Crippen molar-refractivity contribution in [2.45, 2.75) is 25.7 Å². The lowest BCUT2D eigenvalue weighted by molar-refractivity contribution is -0.0724. The summed E-state index contributed by atoms with van der Waals surface area (Å²) in [4.78, 5) is 0. The van der Waals surface area contributed by atoms with E-state index in [1.807, 2.05) is 19.1 Å². The molecule has 1 aromatic rings. The third kappa shape index (κ3) is 1.27. The quantitative estimate of drug-likeness (QED) is 0.622. The van der Waals surface area contributed by atoms with E-state index in [1.165, 1.54) is 0 Å². The van der Waals surface area contributed by atoms with Crippen LogP contribution >= 0.6 is 0 Å². The van der Waals surface area contributed by atoms with E-state index in [0.717, 1.165) is 5.56 Å². The van der Waals surface area contributed by atoms with E-state index >= 15 is 0 Å². The van der Waals surface area contributed by atoms with Gasteiger partial charge in [-0.15, -0.1) is 0 Å². The SMILES string of the molecule is Cc1cccc2c1C(C)C(F)(F)CO2.